The van der Waals surface area contributed by atoms with Crippen molar-refractivity contribution < 1.29 is 14.7 Å². The standard InChI is InChI=1S/C17H23NO3/c1-12-3-2-4-14(9-12)10-16(19)18-11-13-5-7-15(8-6-13)17(20)21/h2-4,9,13,15H,5-8,10-11H2,1H3,(H,18,19)(H,20,21). The number of carbonyl (C=O) groups excluding carboxylic acids is 1. The Morgan fingerprint density at radius 1 is 1.24 bits per heavy atom. The van der Waals surface area contributed by atoms with Gasteiger partial charge in [-0.1, -0.05) is 29.8 Å². The molecule has 1 aromatic rings. The van der Waals surface area contributed by atoms with E-state index in [2.05, 4.69) is 5.32 Å². The van der Waals surface area contributed by atoms with Gasteiger partial charge in [0.05, 0.1) is 12.3 Å². The predicted octanol–water partition coefficient (Wildman–Crippen LogP) is 2.54. The van der Waals surface area contributed by atoms with Crippen LogP contribution in [0.2, 0.25) is 0 Å². The third kappa shape index (κ3) is 4.88. The fourth-order valence-corrected chi connectivity index (χ4v) is 2.94. The molecular weight excluding hydrogens is 266 g/mol. The number of benzene rings is 1. The van der Waals surface area contributed by atoms with Crippen molar-refractivity contribution in [3.63, 3.8) is 0 Å². The lowest BCUT2D eigenvalue weighted by atomic mass is 9.82. The van der Waals surface area contributed by atoms with E-state index in [1.807, 2.05) is 31.2 Å². The molecule has 0 saturated heterocycles. The van der Waals surface area contributed by atoms with Gasteiger partial charge in [0.15, 0.2) is 0 Å². The van der Waals surface area contributed by atoms with Crippen molar-refractivity contribution >= 4 is 11.9 Å². The lowest BCUT2D eigenvalue weighted by molar-refractivity contribution is -0.143. The molecule has 0 spiro atoms. The smallest absolute Gasteiger partial charge is 0.306 e. The van der Waals surface area contributed by atoms with Crippen molar-refractivity contribution in [2.75, 3.05) is 6.54 Å². The van der Waals surface area contributed by atoms with Gasteiger partial charge < -0.3 is 10.4 Å². The Morgan fingerprint density at radius 2 is 1.95 bits per heavy atom. The van der Waals surface area contributed by atoms with Crippen LogP contribution >= 0.6 is 0 Å². The van der Waals surface area contributed by atoms with Crippen molar-refractivity contribution in [1.29, 1.82) is 0 Å². The molecule has 0 atom stereocenters. The van der Waals surface area contributed by atoms with Gasteiger partial charge in [-0.3, -0.25) is 9.59 Å². The molecule has 0 heterocycles. The summed E-state index contributed by atoms with van der Waals surface area (Å²) in [4.78, 5) is 22.8. The van der Waals surface area contributed by atoms with Crippen molar-refractivity contribution in [3.8, 4) is 0 Å². The second-order valence-corrected chi connectivity index (χ2v) is 6.03. The molecule has 1 amide bonds. The fourth-order valence-electron chi connectivity index (χ4n) is 2.94. The van der Waals surface area contributed by atoms with Crippen LogP contribution in [-0.2, 0) is 16.0 Å². The van der Waals surface area contributed by atoms with E-state index in [1.54, 1.807) is 0 Å². The normalized spacial score (nSPS) is 21.8. The number of carboxylic acid groups (broad SMARTS) is 1. The van der Waals surface area contributed by atoms with Crippen molar-refractivity contribution in [2.24, 2.45) is 11.8 Å². The van der Waals surface area contributed by atoms with Gasteiger partial charge in [-0.2, -0.15) is 0 Å². The fraction of sp³-hybridized carbons (Fsp3) is 0.529. The van der Waals surface area contributed by atoms with Crippen LogP contribution < -0.4 is 5.32 Å². The molecule has 1 saturated carbocycles. The number of carbonyl (C=O) groups is 2. The number of amides is 1. The largest absolute Gasteiger partial charge is 0.481 e. The van der Waals surface area contributed by atoms with Crippen LogP contribution in [0.4, 0.5) is 0 Å². The summed E-state index contributed by atoms with van der Waals surface area (Å²) < 4.78 is 0. The third-order valence-electron chi connectivity index (χ3n) is 4.23. The van der Waals surface area contributed by atoms with Crippen LogP contribution in [0.15, 0.2) is 24.3 Å². The molecular formula is C17H23NO3. The maximum atomic E-state index is 11.9. The molecule has 1 fully saturated rings. The summed E-state index contributed by atoms with van der Waals surface area (Å²) in [5, 5.41) is 11.9. The second-order valence-electron chi connectivity index (χ2n) is 6.03. The molecule has 2 rings (SSSR count). The maximum Gasteiger partial charge on any atom is 0.306 e. The summed E-state index contributed by atoms with van der Waals surface area (Å²) in [6.45, 7) is 2.68. The minimum absolute atomic E-state index is 0.0426. The van der Waals surface area contributed by atoms with E-state index in [4.69, 9.17) is 5.11 Å². The molecule has 1 aromatic carbocycles. The summed E-state index contributed by atoms with van der Waals surface area (Å²) in [7, 11) is 0. The number of hydrogen-bond donors (Lipinski definition) is 2. The summed E-state index contributed by atoms with van der Waals surface area (Å²) in [5.41, 5.74) is 2.19. The van der Waals surface area contributed by atoms with Crippen LogP contribution in [0.3, 0.4) is 0 Å². The number of hydrogen-bond acceptors (Lipinski definition) is 2. The van der Waals surface area contributed by atoms with Crippen LogP contribution in [0, 0.1) is 18.8 Å². The molecule has 21 heavy (non-hydrogen) atoms. The molecule has 4 nitrogen and oxygen atoms in total. The highest BCUT2D eigenvalue weighted by Gasteiger charge is 2.25. The monoisotopic (exact) mass is 289 g/mol. The molecule has 0 aliphatic heterocycles. The summed E-state index contributed by atoms with van der Waals surface area (Å²) in [6, 6.07) is 7.97. The zero-order chi connectivity index (χ0) is 15.2. The summed E-state index contributed by atoms with van der Waals surface area (Å²) in [6.07, 6.45) is 3.65. The van der Waals surface area contributed by atoms with Crippen LogP contribution in [-0.4, -0.2) is 23.5 Å². The minimum Gasteiger partial charge on any atom is -0.481 e. The topological polar surface area (TPSA) is 66.4 Å². The lowest BCUT2D eigenvalue weighted by Crippen LogP contribution is -2.33. The second kappa shape index (κ2) is 7.25. The first-order valence-electron chi connectivity index (χ1n) is 7.59. The Balaban J connectivity index is 1.71. The first-order valence-corrected chi connectivity index (χ1v) is 7.59. The molecule has 1 aliphatic rings. The van der Waals surface area contributed by atoms with E-state index < -0.39 is 5.97 Å². The van der Waals surface area contributed by atoms with Gasteiger partial charge in [0.1, 0.15) is 0 Å². The van der Waals surface area contributed by atoms with Gasteiger partial charge in [-0.25, -0.2) is 0 Å². The first-order chi connectivity index (χ1) is 10.0. The van der Waals surface area contributed by atoms with Gasteiger partial charge in [0, 0.05) is 6.54 Å². The van der Waals surface area contributed by atoms with E-state index in [0.29, 0.717) is 18.9 Å². The van der Waals surface area contributed by atoms with Crippen molar-refractivity contribution in [1.82, 2.24) is 5.32 Å². The summed E-state index contributed by atoms with van der Waals surface area (Å²) in [5.74, 6) is -0.413. The van der Waals surface area contributed by atoms with Crippen molar-refractivity contribution in [2.45, 2.75) is 39.0 Å². The Hall–Kier alpha value is -1.84. The quantitative estimate of drug-likeness (QED) is 0.875. The molecule has 1 aliphatic carbocycles. The predicted molar refractivity (Wildman–Crippen MR) is 81.0 cm³/mol. The molecule has 0 radical (unpaired) electrons. The number of nitrogens with one attached hydrogen (secondary N) is 1. The number of rotatable bonds is 5. The van der Waals surface area contributed by atoms with Crippen LogP contribution in [0.1, 0.15) is 36.8 Å². The number of carboxylic acids is 1. The molecule has 0 bridgehead atoms. The maximum absolute atomic E-state index is 11.9. The highest BCUT2D eigenvalue weighted by molar-refractivity contribution is 5.78. The third-order valence-corrected chi connectivity index (χ3v) is 4.23. The minimum atomic E-state index is -0.683. The SMILES string of the molecule is Cc1cccc(CC(=O)NCC2CCC(C(=O)O)CC2)c1. The van der Waals surface area contributed by atoms with E-state index in [9.17, 15) is 9.59 Å². The number of aliphatic carboxylic acids is 1. The molecule has 2 N–H and O–H groups in total. The Labute approximate surface area is 125 Å². The van der Waals surface area contributed by atoms with Gasteiger partial charge in [-0.05, 0) is 44.1 Å². The van der Waals surface area contributed by atoms with E-state index in [-0.39, 0.29) is 11.8 Å². The molecule has 114 valence electrons. The Kier molecular flexibility index (Phi) is 5.37. The molecule has 0 aromatic heterocycles. The van der Waals surface area contributed by atoms with Gasteiger partial charge >= 0.3 is 5.97 Å². The average molecular weight is 289 g/mol. The zero-order valence-electron chi connectivity index (χ0n) is 12.5. The van der Waals surface area contributed by atoms with E-state index >= 15 is 0 Å². The summed E-state index contributed by atoms with van der Waals surface area (Å²) >= 11 is 0. The van der Waals surface area contributed by atoms with Gasteiger partial charge in [-0.15, -0.1) is 0 Å². The van der Waals surface area contributed by atoms with Crippen LogP contribution in [0.25, 0.3) is 0 Å². The Bertz CT molecular complexity index is 505. The highest BCUT2D eigenvalue weighted by Crippen LogP contribution is 2.28. The van der Waals surface area contributed by atoms with Gasteiger partial charge in [0.2, 0.25) is 5.91 Å². The van der Waals surface area contributed by atoms with E-state index in [0.717, 1.165) is 36.8 Å². The lowest BCUT2D eigenvalue weighted by Gasteiger charge is -2.26. The van der Waals surface area contributed by atoms with Crippen molar-refractivity contribution in [3.05, 3.63) is 35.4 Å². The molecule has 0 unspecified atom stereocenters. The van der Waals surface area contributed by atoms with Gasteiger partial charge in [0.25, 0.3) is 0 Å². The Morgan fingerprint density at radius 3 is 2.57 bits per heavy atom. The number of aryl methyl sites for hydroxylation is 1. The highest BCUT2D eigenvalue weighted by atomic mass is 16.4. The van der Waals surface area contributed by atoms with Crippen LogP contribution in [0.5, 0.6) is 0 Å². The zero-order valence-corrected chi connectivity index (χ0v) is 12.5. The van der Waals surface area contributed by atoms with E-state index in [1.165, 1.54) is 0 Å². The first kappa shape index (κ1) is 15.5. The molecule has 4 heteroatoms. The average Bonchev–Trinajstić information content (AvgIpc) is 2.45.